The second-order valence-electron chi connectivity index (χ2n) is 9.02. The highest BCUT2D eigenvalue weighted by Crippen LogP contribution is 2.45. The van der Waals surface area contributed by atoms with E-state index >= 15 is 0 Å². The number of piperidine rings is 1. The van der Waals surface area contributed by atoms with Gasteiger partial charge in [0.05, 0.1) is 12.0 Å². The first-order valence-corrected chi connectivity index (χ1v) is 11.9. The molecule has 4 aromatic rings. The Hall–Kier alpha value is -4.35. The molecule has 1 saturated heterocycles. The number of imidazole rings is 1. The number of nitrogens with one attached hydrogen (secondary N) is 2. The highest BCUT2D eigenvalue weighted by Gasteiger charge is 2.48. The van der Waals surface area contributed by atoms with Crippen molar-refractivity contribution in [2.24, 2.45) is 0 Å². The standard InChI is InChI=1S/C24H25N9O3/c1-3-33-20-18(29-21(33)22(34)25-12-17-31-30-14(2)36-17)19(26-13-27-20)32-10-8-24(9-11-32)15-6-4-5-7-16(15)28-23(24)35/h4-7,13H,3,8-12H2,1-2H3,(H,25,34)(H,28,35). The van der Waals surface area contributed by atoms with E-state index in [1.54, 1.807) is 11.5 Å². The van der Waals surface area contributed by atoms with Crippen LogP contribution in [-0.4, -0.2) is 54.6 Å². The van der Waals surface area contributed by atoms with Crippen LogP contribution in [-0.2, 0) is 23.3 Å². The number of carbonyl (C=O) groups excluding carboxylic acids is 2. The maximum Gasteiger partial charge on any atom is 0.287 e. The summed E-state index contributed by atoms with van der Waals surface area (Å²) in [5.74, 6) is 1.34. The minimum atomic E-state index is -0.528. The van der Waals surface area contributed by atoms with Crippen LogP contribution in [0.15, 0.2) is 35.0 Å². The van der Waals surface area contributed by atoms with Gasteiger partial charge in [-0.1, -0.05) is 18.2 Å². The predicted octanol–water partition coefficient (Wildman–Crippen LogP) is 1.96. The van der Waals surface area contributed by atoms with Crippen molar-refractivity contribution >= 4 is 34.5 Å². The SMILES string of the molecule is CCn1c(C(=O)NCc2nnc(C)o2)nc2c(N3CCC4(CC3)C(=O)Nc3ccccc34)ncnc21. The van der Waals surface area contributed by atoms with Crippen LogP contribution in [0.5, 0.6) is 0 Å². The fraction of sp³-hybridized carbons (Fsp3) is 0.375. The summed E-state index contributed by atoms with van der Waals surface area (Å²) in [5, 5.41) is 13.5. The minimum absolute atomic E-state index is 0.0573. The van der Waals surface area contributed by atoms with Gasteiger partial charge in [0.15, 0.2) is 17.0 Å². The quantitative estimate of drug-likeness (QED) is 0.431. The van der Waals surface area contributed by atoms with Gasteiger partial charge in [0, 0.05) is 32.2 Å². The molecule has 0 saturated carbocycles. The van der Waals surface area contributed by atoms with Gasteiger partial charge in [0.2, 0.25) is 23.5 Å². The second kappa shape index (κ2) is 8.40. The molecule has 184 valence electrons. The number of para-hydroxylation sites is 1. The molecule has 3 aromatic heterocycles. The summed E-state index contributed by atoms with van der Waals surface area (Å²) in [4.78, 5) is 41.7. The zero-order valence-electron chi connectivity index (χ0n) is 20.0. The van der Waals surface area contributed by atoms with E-state index in [-0.39, 0.29) is 24.2 Å². The number of nitrogens with zero attached hydrogens (tertiary/aromatic N) is 7. The van der Waals surface area contributed by atoms with Gasteiger partial charge < -0.3 is 24.5 Å². The van der Waals surface area contributed by atoms with E-state index in [0.717, 1.165) is 11.3 Å². The number of carbonyl (C=O) groups is 2. The minimum Gasteiger partial charge on any atom is -0.424 e. The van der Waals surface area contributed by atoms with Gasteiger partial charge in [-0.25, -0.2) is 15.0 Å². The monoisotopic (exact) mass is 487 g/mol. The fourth-order valence-corrected chi connectivity index (χ4v) is 5.24. The van der Waals surface area contributed by atoms with Crippen molar-refractivity contribution in [1.29, 1.82) is 0 Å². The third-order valence-corrected chi connectivity index (χ3v) is 7.04. The van der Waals surface area contributed by atoms with Crippen LogP contribution < -0.4 is 15.5 Å². The Bertz CT molecular complexity index is 1480. The molecule has 12 nitrogen and oxygen atoms in total. The maximum absolute atomic E-state index is 13.0. The molecule has 0 atom stereocenters. The number of fused-ring (bicyclic) bond motifs is 3. The van der Waals surface area contributed by atoms with Crippen molar-refractivity contribution in [2.45, 2.75) is 45.2 Å². The molecule has 5 heterocycles. The van der Waals surface area contributed by atoms with Crippen LogP contribution in [0.3, 0.4) is 0 Å². The topological polar surface area (TPSA) is 144 Å². The molecule has 2 amide bonds. The molecule has 2 N–H and O–H groups in total. The van der Waals surface area contributed by atoms with Gasteiger partial charge in [-0.05, 0) is 31.4 Å². The lowest BCUT2D eigenvalue weighted by atomic mass is 9.73. The molecule has 2 aliphatic rings. The van der Waals surface area contributed by atoms with Crippen molar-refractivity contribution in [3.63, 3.8) is 0 Å². The maximum atomic E-state index is 13.0. The van der Waals surface area contributed by atoms with E-state index in [4.69, 9.17) is 4.42 Å². The highest BCUT2D eigenvalue weighted by atomic mass is 16.4. The predicted molar refractivity (Wildman–Crippen MR) is 129 cm³/mol. The fourth-order valence-electron chi connectivity index (χ4n) is 5.24. The van der Waals surface area contributed by atoms with E-state index in [1.165, 1.54) is 6.33 Å². The number of aryl methyl sites for hydroxylation is 2. The smallest absolute Gasteiger partial charge is 0.287 e. The number of aromatic nitrogens is 6. The molecule has 36 heavy (non-hydrogen) atoms. The van der Waals surface area contributed by atoms with Crippen LogP contribution in [0.4, 0.5) is 11.5 Å². The number of amides is 2. The summed E-state index contributed by atoms with van der Waals surface area (Å²) in [7, 11) is 0. The zero-order chi connectivity index (χ0) is 24.9. The first-order chi connectivity index (χ1) is 17.5. The van der Waals surface area contributed by atoms with Crippen molar-refractivity contribution in [3.05, 3.63) is 53.8 Å². The molecule has 1 aromatic carbocycles. The lowest BCUT2D eigenvalue weighted by Crippen LogP contribution is -2.46. The van der Waals surface area contributed by atoms with E-state index in [1.807, 2.05) is 31.2 Å². The van der Waals surface area contributed by atoms with E-state index in [9.17, 15) is 9.59 Å². The molecule has 1 fully saturated rings. The molecular formula is C24H25N9O3. The zero-order valence-corrected chi connectivity index (χ0v) is 20.0. The van der Waals surface area contributed by atoms with Gasteiger partial charge in [-0.15, -0.1) is 10.2 Å². The molecule has 0 bridgehead atoms. The van der Waals surface area contributed by atoms with Gasteiger partial charge in [0.1, 0.15) is 6.33 Å². The summed E-state index contributed by atoms with van der Waals surface area (Å²) in [5.41, 5.74) is 2.58. The Balaban J connectivity index is 1.27. The molecular weight excluding hydrogens is 462 g/mol. The van der Waals surface area contributed by atoms with E-state index < -0.39 is 5.41 Å². The van der Waals surface area contributed by atoms with Crippen molar-refractivity contribution in [1.82, 2.24) is 35.0 Å². The summed E-state index contributed by atoms with van der Waals surface area (Å²) in [6, 6.07) is 7.90. The number of rotatable bonds is 5. The van der Waals surface area contributed by atoms with Crippen LogP contribution in [0.1, 0.15) is 47.7 Å². The number of benzene rings is 1. The summed E-state index contributed by atoms with van der Waals surface area (Å²) in [6.45, 7) is 5.49. The number of hydrogen-bond donors (Lipinski definition) is 2. The molecule has 1 spiro atoms. The van der Waals surface area contributed by atoms with Crippen molar-refractivity contribution < 1.29 is 14.0 Å². The highest BCUT2D eigenvalue weighted by molar-refractivity contribution is 6.06. The average Bonchev–Trinajstić information content (AvgIpc) is 3.57. The largest absolute Gasteiger partial charge is 0.424 e. The Morgan fingerprint density at radius 3 is 2.75 bits per heavy atom. The summed E-state index contributed by atoms with van der Waals surface area (Å²) >= 11 is 0. The van der Waals surface area contributed by atoms with E-state index in [2.05, 4.69) is 40.7 Å². The second-order valence-corrected chi connectivity index (χ2v) is 9.02. The number of anilines is 2. The van der Waals surface area contributed by atoms with E-state index in [0.29, 0.717) is 61.2 Å². The third-order valence-electron chi connectivity index (χ3n) is 7.04. The van der Waals surface area contributed by atoms with Gasteiger partial charge in [-0.3, -0.25) is 9.59 Å². The van der Waals surface area contributed by atoms with Gasteiger partial charge >= 0.3 is 0 Å². The normalized spacial score (nSPS) is 16.4. The Morgan fingerprint density at radius 1 is 1.19 bits per heavy atom. The third kappa shape index (κ3) is 3.40. The average molecular weight is 488 g/mol. The molecule has 2 aliphatic heterocycles. The molecule has 0 radical (unpaired) electrons. The lowest BCUT2D eigenvalue weighted by Gasteiger charge is -2.38. The first-order valence-electron chi connectivity index (χ1n) is 11.9. The summed E-state index contributed by atoms with van der Waals surface area (Å²) < 4.78 is 7.10. The summed E-state index contributed by atoms with van der Waals surface area (Å²) in [6.07, 6.45) is 2.82. The number of hydrogen-bond acceptors (Lipinski definition) is 9. The van der Waals surface area contributed by atoms with Crippen LogP contribution in [0.2, 0.25) is 0 Å². The first kappa shape index (κ1) is 22.1. The Kier molecular flexibility index (Phi) is 5.16. The molecule has 12 heteroatoms. The molecule has 0 aliphatic carbocycles. The van der Waals surface area contributed by atoms with Crippen LogP contribution >= 0.6 is 0 Å². The van der Waals surface area contributed by atoms with Crippen LogP contribution in [0.25, 0.3) is 11.2 Å². The van der Waals surface area contributed by atoms with Gasteiger partial charge in [0.25, 0.3) is 5.91 Å². The lowest BCUT2D eigenvalue weighted by molar-refractivity contribution is -0.121. The van der Waals surface area contributed by atoms with Gasteiger partial charge in [-0.2, -0.15) is 0 Å². The Morgan fingerprint density at radius 2 is 2.00 bits per heavy atom. The Labute approximate surface area is 206 Å². The molecule has 0 unspecified atom stereocenters. The van der Waals surface area contributed by atoms with Crippen LogP contribution in [0, 0.1) is 6.92 Å². The molecule has 6 rings (SSSR count). The van der Waals surface area contributed by atoms with Crippen molar-refractivity contribution in [2.75, 3.05) is 23.3 Å². The van der Waals surface area contributed by atoms with Crippen molar-refractivity contribution in [3.8, 4) is 0 Å².